The first-order valence-electron chi connectivity index (χ1n) is 19.9. The molecule has 2 fully saturated rings. The van der Waals surface area contributed by atoms with Crippen molar-refractivity contribution >= 4 is 89.9 Å². The van der Waals surface area contributed by atoms with Crippen LogP contribution < -0.4 is 9.47 Å². The highest BCUT2D eigenvalue weighted by Gasteiger charge is 2.52. The van der Waals surface area contributed by atoms with E-state index in [1.165, 1.54) is 84.1 Å². The van der Waals surface area contributed by atoms with Gasteiger partial charge in [-0.1, -0.05) is 52.4 Å². The second-order valence-corrected chi connectivity index (χ2v) is 20.7. The molecule has 0 aromatic carbocycles. The number of thiophene rings is 5. The van der Waals surface area contributed by atoms with Crippen LogP contribution in [0.1, 0.15) is 127 Å². The quantitative estimate of drug-likeness (QED) is 0.104. The predicted octanol–water partition coefficient (Wildman–Crippen LogP) is 14.9. The fourth-order valence-corrected chi connectivity index (χ4v) is 16.6. The number of nitrogens with zero attached hydrogens (tertiary/aromatic N) is 4. The van der Waals surface area contributed by atoms with Crippen molar-refractivity contribution < 1.29 is 9.47 Å². The molecule has 2 saturated carbocycles. The van der Waals surface area contributed by atoms with Crippen LogP contribution in [0.2, 0.25) is 0 Å². The molecule has 0 saturated heterocycles. The van der Waals surface area contributed by atoms with E-state index in [1.54, 1.807) is 40.4 Å². The minimum atomic E-state index is -0.0930. The van der Waals surface area contributed by atoms with Crippen molar-refractivity contribution in [2.24, 2.45) is 0 Å². The van der Waals surface area contributed by atoms with Crippen molar-refractivity contribution in [2.75, 3.05) is 13.2 Å². The minimum Gasteiger partial charge on any atom is -0.492 e. The highest BCUT2D eigenvalue weighted by molar-refractivity contribution is 7.33. The third-order valence-electron chi connectivity index (χ3n) is 12.0. The van der Waals surface area contributed by atoms with Gasteiger partial charge in [0.2, 0.25) is 0 Å². The lowest BCUT2D eigenvalue weighted by atomic mass is 9.66. The maximum Gasteiger partial charge on any atom is 0.520 e. The lowest BCUT2D eigenvalue weighted by molar-refractivity contribution is 0.316. The number of ether oxygens (including phenoxy) is 2. The Morgan fingerprint density at radius 3 is 1.93 bits per heavy atom. The van der Waals surface area contributed by atoms with Crippen molar-refractivity contribution in [3.63, 3.8) is 0 Å². The Balaban J connectivity index is 1.20. The van der Waals surface area contributed by atoms with Gasteiger partial charge in [-0.05, 0) is 85.6 Å². The fraction of sp³-hybridized carbons (Fsp3) is 0.391. The van der Waals surface area contributed by atoms with Crippen molar-refractivity contribution in [3.8, 4) is 43.1 Å². The van der Waals surface area contributed by atoms with Gasteiger partial charge in [0.25, 0.3) is 0 Å². The van der Waals surface area contributed by atoms with Gasteiger partial charge in [0.15, 0.2) is 0 Å². The first kappa shape index (κ1) is 38.1. The summed E-state index contributed by atoms with van der Waals surface area (Å²) in [5, 5.41) is 19.0. The first-order valence-corrected chi connectivity index (χ1v) is 24.0. The van der Waals surface area contributed by atoms with Gasteiger partial charge >= 0.3 is 5.82 Å². The Bertz CT molecular complexity index is 2650. The van der Waals surface area contributed by atoms with E-state index in [0.717, 1.165) is 69.5 Å². The number of rotatable bonds is 10. The molecule has 6 nitrogen and oxygen atoms in total. The van der Waals surface area contributed by atoms with Gasteiger partial charge in [-0.25, -0.2) is 0 Å². The zero-order valence-electron chi connectivity index (χ0n) is 32.0. The summed E-state index contributed by atoms with van der Waals surface area (Å²) in [5.41, 5.74) is 5.97. The molecule has 5 aromatic rings. The molecule has 4 aliphatic carbocycles. The second kappa shape index (κ2) is 15.4. The summed E-state index contributed by atoms with van der Waals surface area (Å²) in [6.45, 7) is 20.5. The molecule has 0 atom stereocenters. The van der Waals surface area contributed by atoms with Gasteiger partial charge in [-0.2, -0.15) is 20.2 Å². The van der Waals surface area contributed by atoms with Gasteiger partial charge in [-0.15, -0.1) is 56.7 Å². The lowest BCUT2D eigenvalue weighted by Gasteiger charge is -2.37. The van der Waals surface area contributed by atoms with E-state index >= 15 is 0 Å². The van der Waals surface area contributed by atoms with E-state index in [2.05, 4.69) is 35.7 Å². The van der Waals surface area contributed by atoms with Crippen molar-refractivity contribution in [3.05, 3.63) is 88.6 Å². The SMILES string of the molecule is [C-]#[N+]C(=Cc1cc(OCCC)c(C2=Cc3sc4c5c(sc4c3C23CCCCC3)-c2sc(-c3sc(C=C(C#N)C#N)cc3OCCC)cc2C52CCCCC2)s1)[N+]#[C-]. The number of fused-ring (bicyclic) bond motifs is 10. The average Bonchev–Trinajstić information content (AvgIpc) is 4.10. The highest BCUT2D eigenvalue weighted by Crippen LogP contribution is 2.69. The third-order valence-corrected chi connectivity index (χ3v) is 18.1. The molecule has 0 amide bonds. The zero-order chi connectivity index (χ0) is 39.3. The molecule has 0 unspecified atom stereocenters. The summed E-state index contributed by atoms with van der Waals surface area (Å²) >= 11 is 9.21. The predicted molar refractivity (Wildman–Crippen MR) is 239 cm³/mol. The first-order chi connectivity index (χ1) is 27.9. The van der Waals surface area contributed by atoms with Crippen LogP contribution in [0.15, 0.2) is 29.6 Å². The maximum atomic E-state index is 9.49. The Morgan fingerprint density at radius 1 is 0.702 bits per heavy atom. The Hall–Kier alpha value is -4.46. The van der Waals surface area contributed by atoms with Crippen LogP contribution >= 0.6 is 56.7 Å². The molecule has 0 N–H and O–H groups in total. The molecule has 0 bridgehead atoms. The van der Waals surface area contributed by atoms with Crippen LogP contribution in [-0.4, -0.2) is 13.2 Å². The Labute approximate surface area is 354 Å². The van der Waals surface area contributed by atoms with Crippen LogP contribution in [0.3, 0.4) is 0 Å². The summed E-state index contributed by atoms with van der Waals surface area (Å²) in [5.74, 6) is 1.78. The number of hydrogen-bond acceptors (Lipinski definition) is 9. The van der Waals surface area contributed by atoms with E-state index < -0.39 is 0 Å². The molecule has 4 aliphatic rings. The summed E-state index contributed by atoms with van der Waals surface area (Å²) in [6, 6.07) is 10.5. The van der Waals surface area contributed by atoms with Crippen LogP contribution in [0.4, 0.5) is 0 Å². The monoisotopic (exact) mass is 840 g/mol. The number of nitriles is 2. The summed E-state index contributed by atoms with van der Waals surface area (Å²) in [7, 11) is 0. The highest BCUT2D eigenvalue weighted by atomic mass is 32.1. The van der Waals surface area contributed by atoms with Crippen LogP contribution in [0.5, 0.6) is 11.5 Å². The minimum absolute atomic E-state index is 0.000338. The molecule has 0 aliphatic heterocycles. The van der Waals surface area contributed by atoms with E-state index in [4.69, 9.17) is 22.6 Å². The van der Waals surface area contributed by atoms with Gasteiger partial charge in [0, 0.05) is 46.9 Å². The largest absolute Gasteiger partial charge is 0.520 e. The topological polar surface area (TPSA) is 74.8 Å². The Morgan fingerprint density at radius 2 is 1.30 bits per heavy atom. The third kappa shape index (κ3) is 6.14. The van der Waals surface area contributed by atoms with E-state index in [0.29, 0.717) is 13.2 Å². The van der Waals surface area contributed by atoms with Gasteiger partial charge in [0.1, 0.15) is 42.4 Å². The van der Waals surface area contributed by atoms with E-state index in [1.807, 2.05) is 58.3 Å². The molecule has 9 rings (SSSR count). The zero-order valence-corrected chi connectivity index (χ0v) is 36.1. The lowest BCUT2D eigenvalue weighted by Crippen LogP contribution is -2.28. The molecule has 11 heteroatoms. The molecule has 0 radical (unpaired) electrons. The van der Waals surface area contributed by atoms with Crippen LogP contribution in [0.25, 0.3) is 62.4 Å². The summed E-state index contributed by atoms with van der Waals surface area (Å²) in [4.78, 5) is 16.4. The molecule has 5 aromatic heterocycles. The number of hydrogen-bond donors (Lipinski definition) is 0. The van der Waals surface area contributed by atoms with Gasteiger partial charge < -0.3 is 9.47 Å². The maximum absolute atomic E-state index is 9.49. The smallest absolute Gasteiger partial charge is 0.492 e. The molecular weight excluding hydrogens is 801 g/mol. The number of allylic oxidation sites excluding steroid dienone is 2. The molecular formula is C46H40N4O2S5. The molecule has 286 valence electrons. The summed E-state index contributed by atoms with van der Waals surface area (Å²) < 4.78 is 15.7. The normalized spacial score (nSPS) is 16.8. The van der Waals surface area contributed by atoms with Gasteiger partial charge in [0.05, 0.1) is 37.2 Å². The van der Waals surface area contributed by atoms with E-state index in [9.17, 15) is 10.5 Å². The fourth-order valence-electron chi connectivity index (χ4n) is 9.67. The summed E-state index contributed by atoms with van der Waals surface area (Å²) in [6.07, 6.45) is 19.6. The van der Waals surface area contributed by atoms with E-state index in [-0.39, 0.29) is 22.2 Å². The van der Waals surface area contributed by atoms with Crippen molar-refractivity contribution in [1.29, 1.82) is 10.5 Å². The van der Waals surface area contributed by atoms with Crippen LogP contribution in [0, 0.1) is 35.8 Å². The van der Waals surface area contributed by atoms with Crippen LogP contribution in [-0.2, 0) is 10.8 Å². The van der Waals surface area contributed by atoms with Crippen molar-refractivity contribution in [1.82, 2.24) is 0 Å². The Kier molecular flexibility index (Phi) is 10.3. The van der Waals surface area contributed by atoms with Gasteiger partial charge in [-0.3, -0.25) is 0 Å². The molecule has 57 heavy (non-hydrogen) atoms. The molecule has 2 spiro atoms. The van der Waals surface area contributed by atoms with Crippen molar-refractivity contribution in [2.45, 2.75) is 102 Å². The molecule has 5 heterocycles. The second-order valence-electron chi connectivity index (χ2n) is 15.4. The standard InChI is InChI=1S/C46H40N4O2S5/c1-5-17-51-32-21-29(22-36(49-3)50-4)53-39(32)30-23-34-37(45(30)13-9-7-10-14-45)42-44(55-34)38-43(57-42)40-31(46(38)15-11-8-12-16-46)24-35(56-40)41-33(52-18-6-2)20-28(54-41)19-27(25-47)26-48/h19-24H,5-18H2,1-2H3. The average molecular weight is 841 g/mol.